The monoisotopic (exact) mass is 332 g/mol. The van der Waals surface area contributed by atoms with Crippen LogP contribution in [0.5, 0.6) is 11.5 Å². The Kier molecular flexibility index (Phi) is 3.49. The van der Waals surface area contributed by atoms with Crippen molar-refractivity contribution in [3.05, 3.63) is 58.1 Å². The summed E-state index contributed by atoms with van der Waals surface area (Å²) in [6.45, 7) is 0. The van der Waals surface area contributed by atoms with Gasteiger partial charge in [-0.1, -0.05) is 28.1 Å². The molecule has 0 radical (unpaired) electrons. The molecule has 1 aliphatic rings. The van der Waals surface area contributed by atoms with Crippen molar-refractivity contribution in [3.63, 3.8) is 0 Å². The number of ether oxygens (including phenoxy) is 2. The van der Waals surface area contributed by atoms with Gasteiger partial charge in [0.1, 0.15) is 17.6 Å². The lowest BCUT2D eigenvalue weighted by Crippen LogP contribution is -2.20. The number of ketones is 1. The smallest absolute Gasteiger partial charge is 0.170 e. The van der Waals surface area contributed by atoms with Crippen molar-refractivity contribution in [2.75, 3.05) is 7.11 Å². The molecule has 0 aromatic heterocycles. The van der Waals surface area contributed by atoms with Crippen LogP contribution in [0.2, 0.25) is 0 Å². The quantitative estimate of drug-likeness (QED) is 0.828. The highest BCUT2D eigenvalue weighted by Gasteiger charge is 2.27. The Balaban J connectivity index is 1.90. The van der Waals surface area contributed by atoms with E-state index in [0.717, 1.165) is 15.8 Å². The zero-order chi connectivity index (χ0) is 14.1. The third-order valence-corrected chi connectivity index (χ3v) is 3.86. The zero-order valence-electron chi connectivity index (χ0n) is 10.9. The maximum Gasteiger partial charge on any atom is 0.170 e. The van der Waals surface area contributed by atoms with Crippen LogP contribution in [0.4, 0.5) is 0 Å². The van der Waals surface area contributed by atoms with Crippen LogP contribution in [0.15, 0.2) is 46.9 Å². The first-order valence-electron chi connectivity index (χ1n) is 6.31. The average molecular weight is 333 g/mol. The molecule has 0 saturated heterocycles. The Bertz CT molecular complexity index is 649. The van der Waals surface area contributed by atoms with Crippen LogP contribution in [0, 0.1) is 0 Å². The maximum absolute atomic E-state index is 12.2. The second-order valence-electron chi connectivity index (χ2n) is 4.65. The van der Waals surface area contributed by atoms with Crippen molar-refractivity contribution in [1.29, 1.82) is 0 Å². The van der Waals surface area contributed by atoms with E-state index in [0.29, 0.717) is 17.7 Å². The summed E-state index contributed by atoms with van der Waals surface area (Å²) >= 11 is 3.37. The molecule has 20 heavy (non-hydrogen) atoms. The lowest BCUT2D eigenvalue weighted by Gasteiger charge is -2.25. The number of hydrogen-bond donors (Lipinski definition) is 0. The number of hydrogen-bond acceptors (Lipinski definition) is 3. The molecular weight excluding hydrogens is 320 g/mol. The van der Waals surface area contributed by atoms with E-state index in [4.69, 9.17) is 9.47 Å². The van der Waals surface area contributed by atoms with Crippen LogP contribution in [0.25, 0.3) is 0 Å². The largest absolute Gasteiger partial charge is 0.497 e. The van der Waals surface area contributed by atoms with Crippen LogP contribution < -0.4 is 9.47 Å². The molecule has 0 saturated carbocycles. The van der Waals surface area contributed by atoms with Gasteiger partial charge in [0.25, 0.3) is 0 Å². The molecule has 1 heterocycles. The first-order valence-corrected chi connectivity index (χ1v) is 7.10. The van der Waals surface area contributed by atoms with Crippen molar-refractivity contribution in [1.82, 2.24) is 0 Å². The van der Waals surface area contributed by atoms with Crippen LogP contribution in [0.1, 0.15) is 28.4 Å². The van der Waals surface area contributed by atoms with Gasteiger partial charge < -0.3 is 9.47 Å². The molecule has 1 unspecified atom stereocenters. The number of fused-ring (bicyclic) bond motifs is 1. The Morgan fingerprint density at radius 2 is 1.95 bits per heavy atom. The minimum Gasteiger partial charge on any atom is -0.497 e. The Labute approximate surface area is 125 Å². The molecule has 2 aromatic rings. The molecule has 3 nitrogen and oxygen atoms in total. The number of benzene rings is 2. The molecule has 1 aliphatic heterocycles. The van der Waals surface area contributed by atoms with Crippen molar-refractivity contribution < 1.29 is 14.3 Å². The standard InChI is InChI=1S/C16H13BrO3/c1-19-12-5-2-10(3-6-12)16-9-14(18)13-8-11(17)4-7-15(13)20-16/h2-8,16H,9H2,1H3. The fourth-order valence-corrected chi connectivity index (χ4v) is 2.66. The molecule has 1 atom stereocenters. The molecule has 0 N–H and O–H groups in total. The van der Waals surface area contributed by atoms with Crippen LogP contribution in [-0.2, 0) is 0 Å². The van der Waals surface area contributed by atoms with Gasteiger partial charge in [-0.05, 0) is 35.9 Å². The number of Topliss-reactive ketones (excluding diaryl/α,β-unsaturated/α-hetero) is 1. The predicted molar refractivity (Wildman–Crippen MR) is 79.5 cm³/mol. The Morgan fingerprint density at radius 3 is 2.65 bits per heavy atom. The molecule has 0 amide bonds. The second kappa shape index (κ2) is 5.29. The normalized spacial score (nSPS) is 17.3. The molecule has 0 aliphatic carbocycles. The number of carbonyl (C=O) groups is 1. The van der Waals surface area contributed by atoms with E-state index in [2.05, 4.69) is 15.9 Å². The summed E-state index contributed by atoms with van der Waals surface area (Å²) in [7, 11) is 1.63. The van der Waals surface area contributed by atoms with E-state index >= 15 is 0 Å². The van der Waals surface area contributed by atoms with Crippen molar-refractivity contribution in [2.45, 2.75) is 12.5 Å². The molecule has 0 bridgehead atoms. The van der Waals surface area contributed by atoms with Gasteiger partial charge in [0, 0.05) is 4.47 Å². The van der Waals surface area contributed by atoms with Gasteiger partial charge in [-0.25, -0.2) is 0 Å². The lowest BCUT2D eigenvalue weighted by atomic mass is 9.96. The van der Waals surface area contributed by atoms with E-state index in [1.165, 1.54) is 0 Å². The highest BCUT2D eigenvalue weighted by molar-refractivity contribution is 9.10. The molecule has 0 fully saturated rings. The number of rotatable bonds is 2. The summed E-state index contributed by atoms with van der Waals surface area (Å²) in [5, 5.41) is 0. The molecule has 3 rings (SSSR count). The lowest BCUT2D eigenvalue weighted by molar-refractivity contribution is 0.0850. The summed E-state index contributed by atoms with van der Waals surface area (Å²) in [5.41, 5.74) is 1.62. The molecule has 4 heteroatoms. The minimum absolute atomic E-state index is 0.105. The van der Waals surface area contributed by atoms with E-state index in [-0.39, 0.29) is 11.9 Å². The Morgan fingerprint density at radius 1 is 1.20 bits per heavy atom. The minimum atomic E-state index is -0.234. The summed E-state index contributed by atoms with van der Waals surface area (Å²) < 4.78 is 12.0. The zero-order valence-corrected chi connectivity index (χ0v) is 12.5. The molecule has 0 spiro atoms. The van der Waals surface area contributed by atoms with Crippen molar-refractivity contribution in [2.24, 2.45) is 0 Å². The first-order chi connectivity index (χ1) is 9.67. The third-order valence-electron chi connectivity index (χ3n) is 3.37. The van der Waals surface area contributed by atoms with Gasteiger partial charge in [-0.3, -0.25) is 4.79 Å². The van der Waals surface area contributed by atoms with E-state index in [1.807, 2.05) is 42.5 Å². The Hall–Kier alpha value is -1.81. The van der Waals surface area contributed by atoms with Crippen LogP contribution in [0.3, 0.4) is 0 Å². The average Bonchev–Trinajstić information content (AvgIpc) is 2.48. The van der Waals surface area contributed by atoms with E-state index in [1.54, 1.807) is 7.11 Å². The van der Waals surface area contributed by atoms with Crippen molar-refractivity contribution in [3.8, 4) is 11.5 Å². The topological polar surface area (TPSA) is 35.5 Å². The van der Waals surface area contributed by atoms with Gasteiger partial charge >= 0.3 is 0 Å². The molecular formula is C16H13BrO3. The predicted octanol–water partition coefficient (Wildman–Crippen LogP) is 4.16. The molecule has 102 valence electrons. The maximum atomic E-state index is 12.2. The van der Waals surface area contributed by atoms with Gasteiger partial charge in [-0.2, -0.15) is 0 Å². The van der Waals surface area contributed by atoms with Gasteiger partial charge in [-0.15, -0.1) is 0 Å². The van der Waals surface area contributed by atoms with Gasteiger partial charge in [0.15, 0.2) is 5.78 Å². The SMILES string of the molecule is COc1ccc(C2CC(=O)c3cc(Br)ccc3O2)cc1. The van der Waals surface area contributed by atoms with Gasteiger partial charge in [0.2, 0.25) is 0 Å². The highest BCUT2D eigenvalue weighted by atomic mass is 79.9. The van der Waals surface area contributed by atoms with Crippen LogP contribution >= 0.6 is 15.9 Å². The second-order valence-corrected chi connectivity index (χ2v) is 5.56. The van der Waals surface area contributed by atoms with Crippen LogP contribution in [-0.4, -0.2) is 12.9 Å². The highest BCUT2D eigenvalue weighted by Crippen LogP contribution is 2.36. The fourth-order valence-electron chi connectivity index (χ4n) is 2.30. The number of methoxy groups -OCH3 is 1. The summed E-state index contributed by atoms with van der Waals surface area (Å²) in [6.07, 6.45) is 0.123. The van der Waals surface area contributed by atoms with Crippen molar-refractivity contribution >= 4 is 21.7 Å². The van der Waals surface area contributed by atoms with E-state index in [9.17, 15) is 4.79 Å². The third kappa shape index (κ3) is 2.43. The number of halogens is 1. The summed E-state index contributed by atoms with van der Waals surface area (Å²) in [4.78, 5) is 12.2. The summed E-state index contributed by atoms with van der Waals surface area (Å²) in [6, 6.07) is 13.1. The molecule has 2 aromatic carbocycles. The van der Waals surface area contributed by atoms with Gasteiger partial charge in [0.05, 0.1) is 19.1 Å². The summed E-state index contributed by atoms with van der Waals surface area (Å²) in [5.74, 6) is 1.54. The number of carbonyl (C=O) groups excluding carboxylic acids is 1. The fraction of sp³-hybridized carbons (Fsp3) is 0.188. The van der Waals surface area contributed by atoms with E-state index < -0.39 is 0 Å². The first kappa shape index (κ1) is 13.2.